The highest BCUT2D eigenvalue weighted by molar-refractivity contribution is 14.0. The summed E-state index contributed by atoms with van der Waals surface area (Å²) in [6.45, 7) is 4.09. The van der Waals surface area contributed by atoms with Crippen LogP contribution in [0, 0.1) is 5.82 Å². The molecule has 146 valence electrons. The monoisotopic (exact) mass is 478 g/mol. The molecule has 0 radical (unpaired) electrons. The zero-order chi connectivity index (χ0) is 18.2. The zero-order valence-corrected chi connectivity index (χ0v) is 17.9. The number of likely N-dealkylation sites (tertiary alicyclic amines) is 1. The molecule has 6 nitrogen and oxygen atoms in total. The summed E-state index contributed by atoms with van der Waals surface area (Å²) in [6.07, 6.45) is 1.34. The Balaban J connectivity index is 0.00000338. The second kappa shape index (κ2) is 11.3. The molecule has 1 heterocycles. The van der Waals surface area contributed by atoms with Gasteiger partial charge in [0, 0.05) is 45.3 Å². The van der Waals surface area contributed by atoms with Crippen molar-refractivity contribution in [3.05, 3.63) is 35.1 Å². The van der Waals surface area contributed by atoms with E-state index in [0.29, 0.717) is 31.0 Å². The summed E-state index contributed by atoms with van der Waals surface area (Å²) in [5.74, 6) is 0.611. The third kappa shape index (κ3) is 6.71. The van der Waals surface area contributed by atoms with Crippen LogP contribution in [0.1, 0.15) is 30.9 Å². The van der Waals surface area contributed by atoms with Gasteiger partial charge in [0.05, 0.1) is 13.2 Å². The molecular formula is C18H28FIN4O2. The second-order valence-electron chi connectivity index (χ2n) is 6.21. The van der Waals surface area contributed by atoms with Crippen LogP contribution in [-0.4, -0.2) is 50.1 Å². The molecule has 1 aliphatic rings. The van der Waals surface area contributed by atoms with Crippen molar-refractivity contribution in [3.8, 4) is 0 Å². The van der Waals surface area contributed by atoms with E-state index >= 15 is 0 Å². The molecule has 1 unspecified atom stereocenters. The molecule has 0 spiro atoms. The van der Waals surface area contributed by atoms with Crippen LogP contribution in [0.15, 0.2) is 23.2 Å². The van der Waals surface area contributed by atoms with E-state index in [4.69, 9.17) is 4.74 Å². The van der Waals surface area contributed by atoms with Crippen LogP contribution >= 0.6 is 24.0 Å². The van der Waals surface area contributed by atoms with Crippen molar-refractivity contribution in [1.29, 1.82) is 0 Å². The maximum Gasteiger partial charge on any atom is 0.222 e. The standard InChI is InChI=1S/C18H27FN4O2.HI/c1-4-20-18(22-15-6-8-17(24)23(2)11-15)21-10-13-5-7-16(19)14(9-13)12-25-3;/h5,7,9,15H,4,6,8,10-12H2,1-3H3,(H2,20,21,22);1H. The van der Waals surface area contributed by atoms with Crippen molar-refractivity contribution >= 4 is 35.8 Å². The number of ether oxygens (including phenoxy) is 1. The number of likely N-dealkylation sites (N-methyl/N-ethyl adjacent to an activating group) is 1. The zero-order valence-electron chi connectivity index (χ0n) is 15.5. The Kier molecular flexibility index (Phi) is 9.85. The van der Waals surface area contributed by atoms with Gasteiger partial charge in [0.1, 0.15) is 5.82 Å². The highest BCUT2D eigenvalue weighted by Gasteiger charge is 2.23. The van der Waals surface area contributed by atoms with E-state index in [-0.39, 0.29) is 48.3 Å². The first kappa shape index (κ1) is 22.6. The summed E-state index contributed by atoms with van der Waals surface area (Å²) < 4.78 is 18.7. The Bertz CT molecular complexity index is 627. The lowest BCUT2D eigenvalue weighted by atomic mass is 10.1. The van der Waals surface area contributed by atoms with E-state index < -0.39 is 0 Å². The van der Waals surface area contributed by atoms with E-state index in [2.05, 4.69) is 15.6 Å². The summed E-state index contributed by atoms with van der Waals surface area (Å²) in [5, 5.41) is 6.59. The number of methoxy groups -OCH3 is 1. The number of carbonyl (C=O) groups excluding carboxylic acids is 1. The molecule has 1 atom stereocenters. The average molecular weight is 478 g/mol. The number of halogens is 2. The number of aliphatic imine (C=N–C) groups is 1. The Morgan fingerprint density at radius 3 is 2.88 bits per heavy atom. The fourth-order valence-electron chi connectivity index (χ4n) is 2.81. The highest BCUT2D eigenvalue weighted by Crippen LogP contribution is 2.13. The van der Waals surface area contributed by atoms with Gasteiger partial charge in [0.2, 0.25) is 5.91 Å². The van der Waals surface area contributed by atoms with Crippen molar-refractivity contribution in [2.24, 2.45) is 4.99 Å². The van der Waals surface area contributed by atoms with Gasteiger partial charge in [-0.15, -0.1) is 24.0 Å². The van der Waals surface area contributed by atoms with E-state index in [1.54, 1.807) is 24.1 Å². The van der Waals surface area contributed by atoms with E-state index in [9.17, 15) is 9.18 Å². The van der Waals surface area contributed by atoms with E-state index in [1.807, 2.05) is 14.0 Å². The minimum Gasteiger partial charge on any atom is -0.380 e. The third-order valence-corrected chi connectivity index (χ3v) is 4.14. The number of hydrogen-bond acceptors (Lipinski definition) is 3. The minimum absolute atomic E-state index is 0. The summed E-state index contributed by atoms with van der Waals surface area (Å²) in [5.41, 5.74) is 1.45. The van der Waals surface area contributed by atoms with Crippen molar-refractivity contribution in [1.82, 2.24) is 15.5 Å². The van der Waals surface area contributed by atoms with Crippen molar-refractivity contribution in [2.75, 3.05) is 27.2 Å². The lowest BCUT2D eigenvalue weighted by Gasteiger charge is -2.31. The molecule has 2 rings (SSSR count). The Labute approximate surface area is 171 Å². The van der Waals surface area contributed by atoms with Crippen LogP contribution in [0.5, 0.6) is 0 Å². The van der Waals surface area contributed by atoms with Gasteiger partial charge in [-0.05, 0) is 31.0 Å². The third-order valence-electron chi connectivity index (χ3n) is 4.14. The first-order valence-electron chi connectivity index (χ1n) is 8.58. The predicted octanol–water partition coefficient (Wildman–Crippen LogP) is 2.27. The van der Waals surface area contributed by atoms with Gasteiger partial charge in [0.15, 0.2) is 5.96 Å². The summed E-state index contributed by atoms with van der Waals surface area (Å²) in [4.78, 5) is 17.9. The number of piperidine rings is 1. The molecule has 0 aliphatic carbocycles. The number of rotatable bonds is 6. The number of amides is 1. The normalized spacial score (nSPS) is 17.7. The maximum absolute atomic E-state index is 13.7. The molecule has 2 N–H and O–H groups in total. The quantitative estimate of drug-likeness (QED) is 0.374. The van der Waals surface area contributed by atoms with Gasteiger partial charge in [-0.2, -0.15) is 0 Å². The molecule has 1 aromatic carbocycles. The Hall–Kier alpha value is -1.42. The summed E-state index contributed by atoms with van der Waals surface area (Å²) >= 11 is 0. The number of carbonyl (C=O) groups is 1. The van der Waals surface area contributed by atoms with Gasteiger partial charge in [-0.1, -0.05) is 6.07 Å². The first-order valence-corrected chi connectivity index (χ1v) is 8.58. The van der Waals surface area contributed by atoms with Gasteiger partial charge >= 0.3 is 0 Å². The van der Waals surface area contributed by atoms with Gasteiger partial charge < -0.3 is 20.3 Å². The molecule has 1 fully saturated rings. The lowest BCUT2D eigenvalue weighted by Crippen LogP contribution is -2.51. The SMILES string of the molecule is CCNC(=NCc1ccc(F)c(COC)c1)NC1CCC(=O)N(C)C1.I. The van der Waals surface area contributed by atoms with Crippen LogP contribution in [-0.2, 0) is 22.7 Å². The molecule has 26 heavy (non-hydrogen) atoms. The average Bonchev–Trinajstić information content (AvgIpc) is 2.59. The van der Waals surface area contributed by atoms with Crippen LogP contribution < -0.4 is 10.6 Å². The number of hydrogen-bond donors (Lipinski definition) is 2. The molecule has 1 aliphatic heterocycles. The molecule has 0 saturated carbocycles. The minimum atomic E-state index is -0.269. The van der Waals surface area contributed by atoms with Gasteiger partial charge in [-0.3, -0.25) is 4.79 Å². The molecule has 0 bridgehead atoms. The molecule has 1 saturated heterocycles. The maximum atomic E-state index is 13.7. The van der Waals surface area contributed by atoms with Crippen LogP contribution in [0.25, 0.3) is 0 Å². The van der Waals surface area contributed by atoms with Crippen molar-refractivity contribution in [3.63, 3.8) is 0 Å². The van der Waals surface area contributed by atoms with Crippen molar-refractivity contribution in [2.45, 2.75) is 39.0 Å². The second-order valence-corrected chi connectivity index (χ2v) is 6.21. The molecular weight excluding hydrogens is 450 g/mol. The van der Waals surface area contributed by atoms with Crippen molar-refractivity contribution < 1.29 is 13.9 Å². The van der Waals surface area contributed by atoms with Gasteiger partial charge in [0.25, 0.3) is 0 Å². The molecule has 1 amide bonds. The largest absolute Gasteiger partial charge is 0.380 e. The number of nitrogens with zero attached hydrogens (tertiary/aromatic N) is 2. The van der Waals surface area contributed by atoms with Crippen LogP contribution in [0.3, 0.4) is 0 Å². The fraction of sp³-hybridized carbons (Fsp3) is 0.556. The Morgan fingerprint density at radius 2 is 2.23 bits per heavy atom. The smallest absolute Gasteiger partial charge is 0.222 e. The van der Waals surface area contributed by atoms with Crippen LogP contribution in [0.4, 0.5) is 4.39 Å². The highest BCUT2D eigenvalue weighted by atomic mass is 127. The van der Waals surface area contributed by atoms with E-state index in [1.165, 1.54) is 6.07 Å². The summed E-state index contributed by atoms with van der Waals surface area (Å²) in [7, 11) is 3.36. The van der Waals surface area contributed by atoms with Crippen LogP contribution in [0.2, 0.25) is 0 Å². The number of nitrogens with one attached hydrogen (secondary N) is 2. The molecule has 1 aromatic rings. The fourth-order valence-corrected chi connectivity index (χ4v) is 2.81. The molecule has 8 heteroatoms. The van der Waals surface area contributed by atoms with Gasteiger partial charge in [-0.25, -0.2) is 9.38 Å². The Morgan fingerprint density at radius 1 is 1.46 bits per heavy atom. The number of guanidine groups is 1. The lowest BCUT2D eigenvalue weighted by molar-refractivity contribution is -0.132. The first-order chi connectivity index (χ1) is 12.0. The summed E-state index contributed by atoms with van der Waals surface area (Å²) in [6, 6.07) is 5.13. The molecule has 0 aromatic heterocycles. The number of benzene rings is 1. The van der Waals surface area contributed by atoms with E-state index in [0.717, 1.165) is 18.5 Å². The topological polar surface area (TPSA) is 66.0 Å². The predicted molar refractivity (Wildman–Crippen MR) is 111 cm³/mol.